The van der Waals surface area contributed by atoms with Gasteiger partial charge in [-0.1, -0.05) is 12.1 Å². The minimum atomic E-state index is -1.03. The molecule has 0 saturated heterocycles. The van der Waals surface area contributed by atoms with Crippen molar-refractivity contribution in [2.45, 2.75) is 6.54 Å². The first kappa shape index (κ1) is 15.0. The highest BCUT2D eigenvalue weighted by atomic mass is 19.2. The molecule has 0 heterocycles. The highest BCUT2D eigenvalue weighted by Crippen LogP contribution is 2.12. The van der Waals surface area contributed by atoms with Crippen LogP contribution in [0.2, 0.25) is 0 Å². The van der Waals surface area contributed by atoms with Crippen LogP contribution in [0.15, 0.2) is 42.5 Å². The van der Waals surface area contributed by atoms with Crippen molar-refractivity contribution in [2.75, 3.05) is 19.0 Å². The van der Waals surface area contributed by atoms with Crippen LogP contribution in [0.4, 0.5) is 14.5 Å². The van der Waals surface area contributed by atoms with Gasteiger partial charge in [0.15, 0.2) is 11.6 Å². The second-order valence-electron chi connectivity index (χ2n) is 4.87. The second-order valence-corrected chi connectivity index (χ2v) is 4.87. The van der Waals surface area contributed by atoms with Gasteiger partial charge in [0.1, 0.15) is 0 Å². The topological polar surface area (TPSA) is 32.3 Å². The monoisotopic (exact) mass is 290 g/mol. The van der Waals surface area contributed by atoms with E-state index in [4.69, 9.17) is 0 Å². The number of nitrogens with one attached hydrogen (secondary N) is 1. The van der Waals surface area contributed by atoms with Crippen LogP contribution in [0.1, 0.15) is 15.9 Å². The zero-order valence-corrected chi connectivity index (χ0v) is 11.9. The number of rotatable bonds is 4. The molecule has 0 atom stereocenters. The molecular weight excluding hydrogens is 274 g/mol. The summed E-state index contributed by atoms with van der Waals surface area (Å²) in [6.07, 6.45) is 0. The van der Waals surface area contributed by atoms with Crippen molar-refractivity contribution in [2.24, 2.45) is 0 Å². The van der Waals surface area contributed by atoms with Crippen LogP contribution in [-0.4, -0.2) is 20.0 Å². The molecule has 5 heteroatoms. The molecule has 2 rings (SSSR count). The van der Waals surface area contributed by atoms with Crippen LogP contribution in [0.3, 0.4) is 0 Å². The number of carbonyl (C=O) groups is 1. The van der Waals surface area contributed by atoms with E-state index in [0.717, 1.165) is 23.4 Å². The Morgan fingerprint density at radius 1 is 1.05 bits per heavy atom. The van der Waals surface area contributed by atoms with E-state index in [2.05, 4.69) is 5.32 Å². The number of amides is 1. The minimum absolute atomic E-state index is 0.0961. The number of hydrogen-bond acceptors (Lipinski definition) is 2. The van der Waals surface area contributed by atoms with E-state index in [0.29, 0.717) is 6.54 Å². The zero-order valence-electron chi connectivity index (χ0n) is 11.9. The van der Waals surface area contributed by atoms with Gasteiger partial charge < -0.3 is 10.2 Å². The maximum atomic E-state index is 13.1. The first-order valence-electron chi connectivity index (χ1n) is 6.47. The van der Waals surface area contributed by atoms with Crippen LogP contribution >= 0.6 is 0 Å². The predicted molar refractivity (Wildman–Crippen MR) is 78.3 cm³/mol. The lowest BCUT2D eigenvalue weighted by molar-refractivity contribution is 0.0950. The third-order valence-electron chi connectivity index (χ3n) is 3.09. The van der Waals surface area contributed by atoms with Gasteiger partial charge >= 0.3 is 0 Å². The summed E-state index contributed by atoms with van der Waals surface area (Å²) in [7, 11) is 3.89. The molecule has 1 amide bonds. The molecule has 3 nitrogen and oxygen atoms in total. The van der Waals surface area contributed by atoms with E-state index in [9.17, 15) is 13.6 Å². The maximum absolute atomic E-state index is 13.1. The van der Waals surface area contributed by atoms with Crippen LogP contribution in [0.25, 0.3) is 0 Å². The summed E-state index contributed by atoms with van der Waals surface area (Å²) in [5.41, 5.74) is 2.08. The molecule has 0 aliphatic rings. The SMILES string of the molecule is CN(C)c1ccc(CNC(=O)c2ccc(F)c(F)c2)cc1. The normalized spacial score (nSPS) is 10.3. The molecule has 2 aromatic rings. The molecule has 2 aromatic carbocycles. The molecular formula is C16H16F2N2O. The van der Waals surface area contributed by atoms with Crippen molar-refractivity contribution in [1.29, 1.82) is 0 Å². The molecule has 0 spiro atoms. The summed E-state index contributed by atoms with van der Waals surface area (Å²) in [5, 5.41) is 2.67. The lowest BCUT2D eigenvalue weighted by atomic mass is 10.1. The van der Waals surface area contributed by atoms with Gasteiger partial charge in [-0.2, -0.15) is 0 Å². The Bertz CT molecular complexity index is 639. The third kappa shape index (κ3) is 3.78. The molecule has 0 aliphatic carbocycles. The van der Waals surface area contributed by atoms with Crippen molar-refractivity contribution in [3.63, 3.8) is 0 Å². The van der Waals surface area contributed by atoms with Crippen molar-refractivity contribution in [1.82, 2.24) is 5.32 Å². The van der Waals surface area contributed by atoms with Crippen molar-refractivity contribution < 1.29 is 13.6 Å². The maximum Gasteiger partial charge on any atom is 0.251 e. The number of halogens is 2. The van der Waals surface area contributed by atoms with Crippen molar-refractivity contribution >= 4 is 11.6 Å². The number of hydrogen-bond donors (Lipinski definition) is 1. The summed E-state index contributed by atoms with van der Waals surface area (Å²) < 4.78 is 25.9. The molecule has 0 fully saturated rings. The van der Waals surface area contributed by atoms with Crippen molar-refractivity contribution in [3.8, 4) is 0 Å². The molecule has 0 aliphatic heterocycles. The Kier molecular flexibility index (Phi) is 4.52. The fraction of sp³-hybridized carbons (Fsp3) is 0.188. The lowest BCUT2D eigenvalue weighted by Gasteiger charge is -2.13. The van der Waals surface area contributed by atoms with Crippen molar-refractivity contribution in [3.05, 3.63) is 65.2 Å². The van der Waals surface area contributed by atoms with Crippen LogP contribution < -0.4 is 10.2 Å². The number of carbonyl (C=O) groups excluding carboxylic acids is 1. The zero-order chi connectivity index (χ0) is 15.4. The van der Waals surface area contributed by atoms with E-state index >= 15 is 0 Å². The third-order valence-corrected chi connectivity index (χ3v) is 3.09. The minimum Gasteiger partial charge on any atom is -0.378 e. The summed E-state index contributed by atoms with van der Waals surface area (Å²) in [5.74, 6) is -2.44. The van der Waals surface area contributed by atoms with Crippen LogP contribution in [0.5, 0.6) is 0 Å². The Balaban J connectivity index is 1.98. The molecule has 21 heavy (non-hydrogen) atoms. The standard InChI is InChI=1S/C16H16F2N2O/c1-20(2)13-6-3-11(4-7-13)10-19-16(21)12-5-8-14(17)15(18)9-12/h3-9H,10H2,1-2H3,(H,19,21). The van der Waals surface area contributed by atoms with Gasteiger partial charge in [0, 0.05) is 31.9 Å². The van der Waals surface area contributed by atoms with Gasteiger partial charge in [-0.3, -0.25) is 4.79 Å². The van der Waals surface area contributed by atoms with Gasteiger partial charge in [-0.15, -0.1) is 0 Å². The molecule has 110 valence electrons. The summed E-state index contributed by atoms with van der Waals surface area (Å²) >= 11 is 0. The fourth-order valence-electron chi connectivity index (χ4n) is 1.83. The van der Waals surface area contributed by atoms with E-state index in [1.807, 2.05) is 43.3 Å². The first-order valence-corrected chi connectivity index (χ1v) is 6.47. The average molecular weight is 290 g/mol. The van der Waals surface area contributed by atoms with Crippen LogP contribution in [-0.2, 0) is 6.54 Å². The van der Waals surface area contributed by atoms with Gasteiger partial charge in [-0.25, -0.2) is 8.78 Å². The van der Waals surface area contributed by atoms with Gasteiger partial charge in [0.25, 0.3) is 5.91 Å². The van der Waals surface area contributed by atoms with Crippen LogP contribution in [0, 0.1) is 11.6 Å². The Morgan fingerprint density at radius 2 is 1.71 bits per heavy atom. The molecule has 0 unspecified atom stereocenters. The summed E-state index contributed by atoms with van der Waals surface area (Å²) in [6, 6.07) is 10.8. The molecule has 1 N–H and O–H groups in total. The van der Waals surface area contributed by atoms with E-state index in [1.165, 1.54) is 6.07 Å². The summed E-state index contributed by atoms with van der Waals surface area (Å²) in [6.45, 7) is 0.325. The fourth-order valence-corrected chi connectivity index (χ4v) is 1.83. The van der Waals surface area contributed by atoms with Gasteiger partial charge in [0.05, 0.1) is 0 Å². The lowest BCUT2D eigenvalue weighted by Crippen LogP contribution is -2.23. The molecule has 0 radical (unpaired) electrons. The van der Waals surface area contributed by atoms with E-state index in [-0.39, 0.29) is 5.56 Å². The quantitative estimate of drug-likeness (QED) is 0.939. The Morgan fingerprint density at radius 3 is 2.29 bits per heavy atom. The van der Waals surface area contributed by atoms with E-state index in [1.54, 1.807) is 0 Å². The largest absolute Gasteiger partial charge is 0.378 e. The summed E-state index contributed by atoms with van der Waals surface area (Å²) in [4.78, 5) is 13.8. The Labute approximate surface area is 122 Å². The first-order chi connectivity index (χ1) is 9.97. The highest BCUT2D eigenvalue weighted by Gasteiger charge is 2.09. The number of anilines is 1. The molecule has 0 aromatic heterocycles. The number of nitrogens with zero attached hydrogens (tertiary/aromatic N) is 1. The smallest absolute Gasteiger partial charge is 0.251 e. The van der Waals surface area contributed by atoms with E-state index < -0.39 is 17.5 Å². The number of benzene rings is 2. The highest BCUT2D eigenvalue weighted by molar-refractivity contribution is 5.94. The Hall–Kier alpha value is -2.43. The van der Waals surface area contributed by atoms with Gasteiger partial charge in [-0.05, 0) is 35.9 Å². The second kappa shape index (κ2) is 6.35. The average Bonchev–Trinajstić information content (AvgIpc) is 2.48. The molecule has 0 bridgehead atoms. The van der Waals surface area contributed by atoms with Gasteiger partial charge in [0.2, 0.25) is 0 Å². The molecule has 0 saturated carbocycles. The predicted octanol–water partition coefficient (Wildman–Crippen LogP) is 2.96.